The Labute approximate surface area is 186 Å². The summed E-state index contributed by atoms with van der Waals surface area (Å²) in [6.45, 7) is 4.54. The average Bonchev–Trinajstić information content (AvgIpc) is 3.40. The minimum Gasteiger partial charge on any atom is -0.423 e. The van der Waals surface area contributed by atoms with Gasteiger partial charge in [0.25, 0.3) is 5.91 Å². The number of likely N-dealkylation sites (tertiary alicyclic amines) is 1. The molecule has 3 N–H and O–H groups in total. The highest BCUT2D eigenvalue weighted by Gasteiger charge is 2.29. The number of carbonyl (C=O) groups is 2. The standard InChI is InChI=1S/C21H19FN8O3/c1-2-16(31)29-7-3-4-12(10-29)30-19-17(13(23)9-24-27-19)18(28-30)20(32)26-21-25-14-8-11(22)5-6-15(14)33-21/h2,5-6,8-9,12H,1,3-4,7,10H2,(H2,23,27)(H,25,26,32)/t12-/m1/s1. The molecule has 4 heterocycles. The number of oxazole rings is 1. The number of piperidine rings is 1. The first kappa shape index (κ1) is 20.5. The van der Waals surface area contributed by atoms with Crippen LogP contribution >= 0.6 is 0 Å². The third kappa shape index (κ3) is 3.64. The molecule has 0 bridgehead atoms. The number of amides is 2. The molecule has 1 saturated heterocycles. The Kier molecular flexibility index (Phi) is 4.96. The van der Waals surface area contributed by atoms with Crippen molar-refractivity contribution in [2.24, 2.45) is 0 Å². The molecule has 0 radical (unpaired) electrons. The van der Waals surface area contributed by atoms with E-state index in [2.05, 4.69) is 32.2 Å². The number of rotatable bonds is 4. The molecule has 1 aliphatic heterocycles. The second-order valence-electron chi connectivity index (χ2n) is 7.66. The third-order valence-electron chi connectivity index (χ3n) is 5.54. The molecule has 0 unspecified atom stereocenters. The van der Waals surface area contributed by atoms with Crippen LogP contribution in [0, 0.1) is 5.82 Å². The van der Waals surface area contributed by atoms with E-state index in [9.17, 15) is 14.0 Å². The molecule has 0 spiro atoms. The second kappa shape index (κ2) is 7.97. The number of fused-ring (bicyclic) bond motifs is 2. The minimum atomic E-state index is -0.625. The number of carbonyl (C=O) groups excluding carboxylic acids is 2. The van der Waals surface area contributed by atoms with E-state index in [0.717, 1.165) is 12.8 Å². The second-order valence-corrected chi connectivity index (χ2v) is 7.66. The Balaban J connectivity index is 1.50. The van der Waals surface area contributed by atoms with Crippen molar-refractivity contribution in [1.29, 1.82) is 0 Å². The highest BCUT2D eigenvalue weighted by atomic mass is 19.1. The molecule has 11 nitrogen and oxygen atoms in total. The zero-order chi connectivity index (χ0) is 23.1. The van der Waals surface area contributed by atoms with E-state index in [1.54, 1.807) is 9.58 Å². The Hall–Kier alpha value is -4.35. The fourth-order valence-corrected chi connectivity index (χ4v) is 4.01. The average molecular weight is 450 g/mol. The number of nitrogens with two attached hydrogens (primary N) is 1. The van der Waals surface area contributed by atoms with Crippen LogP contribution in [0.25, 0.3) is 22.1 Å². The largest absolute Gasteiger partial charge is 0.423 e. The first-order valence-corrected chi connectivity index (χ1v) is 10.2. The lowest BCUT2D eigenvalue weighted by Crippen LogP contribution is -2.40. The number of hydrogen-bond acceptors (Lipinski definition) is 8. The zero-order valence-corrected chi connectivity index (χ0v) is 17.4. The van der Waals surface area contributed by atoms with Crippen LogP contribution in [0.5, 0.6) is 0 Å². The highest BCUT2D eigenvalue weighted by Crippen LogP contribution is 2.29. The van der Waals surface area contributed by atoms with E-state index in [0.29, 0.717) is 29.7 Å². The van der Waals surface area contributed by atoms with Crippen molar-refractivity contribution in [1.82, 2.24) is 29.9 Å². The quantitative estimate of drug-likeness (QED) is 0.451. The fraction of sp³-hybridized carbons (Fsp3) is 0.238. The Morgan fingerprint density at radius 3 is 3.03 bits per heavy atom. The van der Waals surface area contributed by atoms with Gasteiger partial charge in [0.05, 0.1) is 23.3 Å². The molecule has 4 aromatic rings. The number of aromatic nitrogens is 5. The minimum absolute atomic E-state index is 0.0120. The van der Waals surface area contributed by atoms with Gasteiger partial charge in [0.2, 0.25) is 5.91 Å². The number of benzene rings is 1. The number of anilines is 2. The number of hydrogen-bond donors (Lipinski definition) is 2. The van der Waals surface area contributed by atoms with Crippen LogP contribution in [0.2, 0.25) is 0 Å². The van der Waals surface area contributed by atoms with Crippen molar-refractivity contribution in [3.8, 4) is 0 Å². The first-order chi connectivity index (χ1) is 15.9. The van der Waals surface area contributed by atoms with Crippen LogP contribution in [-0.2, 0) is 4.79 Å². The summed E-state index contributed by atoms with van der Waals surface area (Å²) in [5.41, 5.74) is 7.27. The molecule has 1 fully saturated rings. The Morgan fingerprint density at radius 1 is 1.36 bits per heavy atom. The lowest BCUT2D eigenvalue weighted by Gasteiger charge is -2.32. The summed E-state index contributed by atoms with van der Waals surface area (Å²) in [5, 5.41) is 15.4. The molecule has 12 heteroatoms. The Morgan fingerprint density at radius 2 is 2.21 bits per heavy atom. The van der Waals surface area contributed by atoms with Crippen molar-refractivity contribution in [3.05, 3.63) is 48.6 Å². The van der Waals surface area contributed by atoms with Crippen LogP contribution in [0.15, 0.2) is 41.5 Å². The van der Waals surface area contributed by atoms with E-state index >= 15 is 0 Å². The molecular formula is C21H19FN8O3. The van der Waals surface area contributed by atoms with Gasteiger partial charge >= 0.3 is 6.01 Å². The molecule has 2 amide bonds. The molecule has 1 aliphatic rings. The van der Waals surface area contributed by atoms with Gasteiger partial charge in [-0.3, -0.25) is 14.9 Å². The molecule has 0 saturated carbocycles. The van der Waals surface area contributed by atoms with Gasteiger partial charge in [-0.2, -0.15) is 15.2 Å². The SMILES string of the molecule is C=CC(=O)N1CCC[C@@H](n2nc(C(=O)Nc3nc4cc(F)ccc4o3)c3c(N)cnnc32)C1. The number of nitrogens with zero attached hydrogens (tertiary/aromatic N) is 6. The maximum Gasteiger partial charge on any atom is 0.302 e. The molecule has 3 aromatic heterocycles. The van der Waals surface area contributed by atoms with Gasteiger partial charge in [0, 0.05) is 19.2 Å². The van der Waals surface area contributed by atoms with Gasteiger partial charge in [-0.15, -0.1) is 5.10 Å². The molecule has 168 valence electrons. The van der Waals surface area contributed by atoms with E-state index in [1.165, 1.54) is 30.5 Å². The zero-order valence-electron chi connectivity index (χ0n) is 17.4. The third-order valence-corrected chi connectivity index (χ3v) is 5.54. The number of halogens is 1. The first-order valence-electron chi connectivity index (χ1n) is 10.2. The lowest BCUT2D eigenvalue weighted by atomic mass is 10.1. The predicted molar refractivity (Wildman–Crippen MR) is 117 cm³/mol. The summed E-state index contributed by atoms with van der Waals surface area (Å²) in [5.74, 6) is -1.27. The van der Waals surface area contributed by atoms with Gasteiger partial charge in [-0.25, -0.2) is 9.07 Å². The van der Waals surface area contributed by atoms with Crippen molar-refractivity contribution in [3.63, 3.8) is 0 Å². The van der Waals surface area contributed by atoms with Gasteiger partial charge in [0.1, 0.15) is 11.3 Å². The van der Waals surface area contributed by atoms with Crippen molar-refractivity contribution in [2.75, 3.05) is 24.1 Å². The molecule has 5 rings (SSSR count). The van der Waals surface area contributed by atoms with Gasteiger partial charge in [-0.05, 0) is 31.1 Å². The van der Waals surface area contributed by atoms with Crippen molar-refractivity contribution < 1.29 is 18.4 Å². The van der Waals surface area contributed by atoms with Gasteiger partial charge in [-0.1, -0.05) is 6.58 Å². The van der Waals surface area contributed by atoms with Crippen molar-refractivity contribution >= 4 is 45.6 Å². The molecule has 0 aliphatic carbocycles. The van der Waals surface area contributed by atoms with Gasteiger partial charge < -0.3 is 15.1 Å². The highest BCUT2D eigenvalue weighted by molar-refractivity contribution is 6.13. The maximum atomic E-state index is 13.4. The monoisotopic (exact) mass is 450 g/mol. The van der Waals surface area contributed by atoms with E-state index in [-0.39, 0.29) is 34.9 Å². The van der Waals surface area contributed by atoms with E-state index in [4.69, 9.17) is 10.2 Å². The number of nitrogen functional groups attached to an aromatic ring is 1. The molecule has 1 aromatic carbocycles. The summed E-state index contributed by atoms with van der Waals surface area (Å²) < 4.78 is 20.5. The van der Waals surface area contributed by atoms with Crippen LogP contribution in [0.3, 0.4) is 0 Å². The maximum absolute atomic E-state index is 13.4. The molecular weight excluding hydrogens is 431 g/mol. The lowest BCUT2D eigenvalue weighted by molar-refractivity contribution is -0.127. The van der Waals surface area contributed by atoms with Crippen LogP contribution < -0.4 is 11.1 Å². The fourth-order valence-electron chi connectivity index (χ4n) is 4.01. The summed E-state index contributed by atoms with van der Waals surface area (Å²) in [6.07, 6.45) is 4.09. The molecule has 33 heavy (non-hydrogen) atoms. The summed E-state index contributed by atoms with van der Waals surface area (Å²) >= 11 is 0. The molecule has 1 atom stereocenters. The summed E-state index contributed by atoms with van der Waals surface area (Å²) in [4.78, 5) is 31.0. The van der Waals surface area contributed by atoms with Crippen LogP contribution in [-0.4, -0.2) is 54.8 Å². The van der Waals surface area contributed by atoms with E-state index in [1.807, 2.05) is 0 Å². The van der Waals surface area contributed by atoms with Crippen LogP contribution in [0.1, 0.15) is 29.4 Å². The van der Waals surface area contributed by atoms with Crippen LogP contribution in [0.4, 0.5) is 16.1 Å². The van der Waals surface area contributed by atoms with Crippen molar-refractivity contribution in [2.45, 2.75) is 18.9 Å². The predicted octanol–water partition coefficient (Wildman–Crippen LogP) is 2.29. The number of nitrogens with one attached hydrogen (secondary N) is 1. The van der Waals surface area contributed by atoms with E-state index < -0.39 is 11.7 Å². The summed E-state index contributed by atoms with van der Waals surface area (Å²) in [7, 11) is 0. The van der Waals surface area contributed by atoms with Gasteiger partial charge in [0.15, 0.2) is 16.9 Å². The summed E-state index contributed by atoms with van der Waals surface area (Å²) in [6, 6.07) is 3.52. The topological polar surface area (TPSA) is 145 Å². The smallest absolute Gasteiger partial charge is 0.302 e. The Bertz CT molecular complexity index is 1410. The normalized spacial score (nSPS) is 16.3.